The summed E-state index contributed by atoms with van der Waals surface area (Å²) in [6.45, 7) is 0. The molecule has 1 N–H and O–H groups in total. The maximum absolute atomic E-state index is 11.7. The molecular formula is C12H8ClNO2S. The Bertz CT molecular complexity index is 551. The first-order chi connectivity index (χ1) is 8.18. The first-order valence-corrected chi connectivity index (χ1v) is 6.08. The zero-order chi connectivity index (χ0) is 12.3. The van der Waals surface area contributed by atoms with E-state index in [4.69, 9.17) is 11.6 Å². The molecule has 0 aliphatic heterocycles. The van der Waals surface area contributed by atoms with Crippen LogP contribution in [0.25, 0.3) is 0 Å². The van der Waals surface area contributed by atoms with Crippen LogP contribution in [0, 0.1) is 0 Å². The Morgan fingerprint density at radius 2 is 1.88 bits per heavy atom. The zero-order valence-electron chi connectivity index (χ0n) is 8.64. The highest BCUT2D eigenvalue weighted by Gasteiger charge is 2.17. The third-order valence-corrected chi connectivity index (χ3v) is 3.27. The summed E-state index contributed by atoms with van der Waals surface area (Å²) >= 11 is 7.11. The van der Waals surface area contributed by atoms with E-state index < -0.39 is 11.7 Å². The fourth-order valence-electron chi connectivity index (χ4n) is 1.26. The minimum absolute atomic E-state index is 0.403. The summed E-state index contributed by atoms with van der Waals surface area (Å²) in [6.07, 6.45) is 0. The van der Waals surface area contributed by atoms with Crippen LogP contribution in [0.15, 0.2) is 41.8 Å². The summed E-state index contributed by atoms with van der Waals surface area (Å²) in [7, 11) is 0. The highest BCUT2D eigenvalue weighted by Crippen LogP contribution is 2.21. The van der Waals surface area contributed by atoms with Gasteiger partial charge in [-0.3, -0.25) is 9.59 Å². The van der Waals surface area contributed by atoms with E-state index in [0.29, 0.717) is 15.6 Å². The fourth-order valence-corrected chi connectivity index (χ4v) is 2.10. The molecule has 0 aliphatic rings. The van der Waals surface area contributed by atoms with Crippen LogP contribution < -0.4 is 5.32 Å². The number of amides is 1. The van der Waals surface area contributed by atoms with Crippen LogP contribution in [0.3, 0.4) is 0 Å². The van der Waals surface area contributed by atoms with E-state index in [1.54, 1.807) is 41.8 Å². The monoisotopic (exact) mass is 265 g/mol. The van der Waals surface area contributed by atoms with Crippen LogP contribution in [-0.2, 0) is 4.79 Å². The molecule has 0 spiro atoms. The third-order valence-electron chi connectivity index (χ3n) is 2.07. The van der Waals surface area contributed by atoms with Crippen LogP contribution in [0.5, 0.6) is 0 Å². The number of benzene rings is 1. The molecule has 1 heterocycles. The molecule has 5 heteroatoms. The van der Waals surface area contributed by atoms with Gasteiger partial charge in [-0.05, 0) is 23.6 Å². The number of carbonyl (C=O) groups excluding carboxylic acids is 2. The van der Waals surface area contributed by atoms with E-state index >= 15 is 0 Å². The molecule has 1 amide bonds. The maximum Gasteiger partial charge on any atom is 0.297 e. The Labute approximate surface area is 107 Å². The molecule has 86 valence electrons. The predicted molar refractivity (Wildman–Crippen MR) is 68.7 cm³/mol. The van der Waals surface area contributed by atoms with Crippen molar-refractivity contribution in [3.63, 3.8) is 0 Å². The first kappa shape index (κ1) is 11.8. The summed E-state index contributed by atoms with van der Waals surface area (Å²) in [5.41, 5.74) is 0.434. The Morgan fingerprint density at radius 1 is 1.12 bits per heavy atom. The van der Waals surface area contributed by atoms with Crippen molar-refractivity contribution in [2.75, 3.05) is 5.32 Å². The van der Waals surface area contributed by atoms with Crippen molar-refractivity contribution in [1.29, 1.82) is 0 Å². The summed E-state index contributed by atoms with van der Waals surface area (Å²) in [4.78, 5) is 23.7. The lowest BCUT2D eigenvalue weighted by atomic mass is 10.2. The molecule has 0 saturated carbocycles. The Hall–Kier alpha value is -1.65. The number of thiophene rings is 1. The predicted octanol–water partition coefficient (Wildman–Crippen LogP) is 3.22. The minimum atomic E-state index is -0.680. The molecule has 0 radical (unpaired) electrons. The quantitative estimate of drug-likeness (QED) is 0.684. The number of anilines is 1. The molecule has 0 bridgehead atoms. The molecule has 0 aliphatic carbocycles. The Kier molecular flexibility index (Phi) is 3.56. The molecule has 2 rings (SSSR count). The smallest absolute Gasteiger partial charge is 0.297 e. The molecule has 1 aromatic carbocycles. The minimum Gasteiger partial charge on any atom is -0.318 e. The summed E-state index contributed by atoms with van der Waals surface area (Å²) in [6, 6.07) is 10.1. The van der Waals surface area contributed by atoms with E-state index in [-0.39, 0.29) is 0 Å². The second-order valence-electron chi connectivity index (χ2n) is 3.24. The molecule has 0 saturated heterocycles. The molecular weight excluding hydrogens is 258 g/mol. The van der Waals surface area contributed by atoms with Crippen LogP contribution in [0.2, 0.25) is 5.02 Å². The van der Waals surface area contributed by atoms with Crippen molar-refractivity contribution in [3.05, 3.63) is 51.7 Å². The van der Waals surface area contributed by atoms with Gasteiger partial charge in [0, 0.05) is 0 Å². The van der Waals surface area contributed by atoms with Crippen molar-refractivity contribution in [3.8, 4) is 0 Å². The lowest BCUT2D eigenvalue weighted by molar-refractivity contribution is -0.112. The van der Waals surface area contributed by atoms with Crippen LogP contribution in [0.1, 0.15) is 9.67 Å². The van der Waals surface area contributed by atoms with Gasteiger partial charge in [0.1, 0.15) is 0 Å². The number of carbonyl (C=O) groups is 2. The number of nitrogens with one attached hydrogen (secondary N) is 1. The molecule has 1 aromatic heterocycles. The van der Waals surface area contributed by atoms with Gasteiger partial charge < -0.3 is 5.32 Å². The second-order valence-corrected chi connectivity index (χ2v) is 4.60. The van der Waals surface area contributed by atoms with Crippen LogP contribution in [-0.4, -0.2) is 11.7 Å². The zero-order valence-corrected chi connectivity index (χ0v) is 10.2. The number of hydrogen-bond acceptors (Lipinski definition) is 3. The van der Waals surface area contributed by atoms with Gasteiger partial charge in [0.15, 0.2) is 0 Å². The Morgan fingerprint density at radius 3 is 2.53 bits per heavy atom. The fraction of sp³-hybridized carbons (Fsp3) is 0. The van der Waals surface area contributed by atoms with Gasteiger partial charge in [0.25, 0.3) is 11.7 Å². The summed E-state index contributed by atoms with van der Waals surface area (Å²) in [5.74, 6) is -1.24. The van der Waals surface area contributed by atoms with Gasteiger partial charge in [0.05, 0.1) is 15.6 Å². The standard InChI is InChI=1S/C12H8ClNO2S/c13-8-4-1-2-5-9(8)14-12(16)11(15)10-6-3-7-17-10/h1-7H,(H,14,16). The van der Waals surface area contributed by atoms with E-state index in [1.165, 1.54) is 11.3 Å². The number of halogens is 1. The van der Waals surface area contributed by atoms with Crippen molar-refractivity contribution >= 4 is 40.3 Å². The molecule has 0 atom stereocenters. The lowest BCUT2D eigenvalue weighted by Crippen LogP contribution is -2.22. The SMILES string of the molecule is O=C(Nc1ccccc1Cl)C(=O)c1cccs1. The van der Waals surface area contributed by atoms with Crippen molar-refractivity contribution < 1.29 is 9.59 Å². The second kappa shape index (κ2) is 5.12. The first-order valence-electron chi connectivity index (χ1n) is 4.82. The topological polar surface area (TPSA) is 46.2 Å². The average molecular weight is 266 g/mol. The van der Waals surface area contributed by atoms with Gasteiger partial charge in [-0.1, -0.05) is 29.8 Å². The molecule has 0 fully saturated rings. The number of hydrogen-bond donors (Lipinski definition) is 1. The van der Waals surface area contributed by atoms with Crippen LogP contribution in [0.4, 0.5) is 5.69 Å². The van der Waals surface area contributed by atoms with E-state index in [0.717, 1.165) is 0 Å². The van der Waals surface area contributed by atoms with Crippen LogP contribution >= 0.6 is 22.9 Å². The van der Waals surface area contributed by atoms with Crippen molar-refractivity contribution in [2.24, 2.45) is 0 Å². The molecule has 17 heavy (non-hydrogen) atoms. The normalized spacial score (nSPS) is 9.94. The molecule has 0 unspecified atom stereocenters. The van der Waals surface area contributed by atoms with Crippen molar-refractivity contribution in [1.82, 2.24) is 0 Å². The summed E-state index contributed by atoms with van der Waals surface area (Å²) in [5, 5.41) is 4.63. The van der Waals surface area contributed by atoms with Gasteiger partial charge >= 0.3 is 0 Å². The highest BCUT2D eigenvalue weighted by atomic mass is 35.5. The number of Topliss-reactive ketones (excluding diaryl/α,β-unsaturated/α-hetero) is 1. The van der Waals surface area contributed by atoms with Gasteiger partial charge in [-0.25, -0.2) is 0 Å². The maximum atomic E-state index is 11.7. The molecule has 3 nitrogen and oxygen atoms in total. The largest absolute Gasteiger partial charge is 0.318 e. The van der Waals surface area contributed by atoms with Crippen molar-refractivity contribution in [2.45, 2.75) is 0 Å². The van der Waals surface area contributed by atoms with Gasteiger partial charge in [-0.2, -0.15) is 0 Å². The van der Waals surface area contributed by atoms with Gasteiger partial charge in [0.2, 0.25) is 0 Å². The van der Waals surface area contributed by atoms with E-state index in [1.807, 2.05) is 0 Å². The van der Waals surface area contributed by atoms with E-state index in [9.17, 15) is 9.59 Å². The van der Waals surface area contributed by atoms with E-state index in [2.05, 4.69) is 5.32 Å². The molecule has 2 aromatic rings. The number of ketones is 1. The average Bonchev–Trinajstić information content (AvgIpc) is 2.84. The number of para-hydroxylation sites is 1. The van der Waals surface area contributed by atoms with Gasteiger partial charge in [-0.15, -0.1) is 11.3 Å². The summed E-state index contributed by atoms with van der Waals surface area (Å²) < 4.78 is 0. The lowest BCUT2D eigenvalue weighted by Gasteiger charge is -2.04. The Balaban J connectivity index is 2.13. The highest BCUT2D eigenvalue weighted by molar-refractivity contribution is 7.13. The third kappa shape index (κ3) is 2.72. The number of rotatable bonds is 3.